The van der Waals surface area contributed by atoms with E-state index in [4.69, 9.17) is 11.5 Å². The number of carbonyl (C=O) groups excluding carboxylic acids is 10. The Morgan fingerprint density at radius 2 is 1.39 bits per heavy atom. The molecule has 2 aliphatic heterocycles. The number of nitrogens with one attached hydrogen (secondary N) is 4. The molecular formula is C47H77N7O13. The van der Waals surface area contributed by atoms with Crippen LogP contribution >= 0.6 is 0 Å². The number of carboxylic acids is 1. The van der Waals surface area contributed by atoms with Crippen LogP contribution in [0, 0.1) is 29.6 Å². The Morgan fingerprint density at radius 3 is 1.97 bits per heavy atom. The molecule has 0 aromatic carbocycles. The van der Waals surface area contributed by atoms with Crippen LogP contribution in [-0.4, -0.2) is 136 Å². The van der Waals surface area contributed by atoms with E-state index in [-0.39, 0.29) is 107 Å². The van der Waals surface area contributed by atoms with Crippen molar-refractivity contribution in [2.45, 2.75) is 174 Å². The van der Waals surface area contributed by atoms with Gasteiger partial charge in [0.25, 0.3) is 0 Å². The van der Waals surface area contributed by atoms with E-state index in [2.05, 4.69) is 21.3 Å². The van der Waals surface area contributed by atoms with Crippen molar-refractivity contribution in [1.29, 1.82) is 0 Å². The zero-order valence-electron chi connectivity index (χ0n) is 40.1. The van der Waals surface area contributed by atoms with Gasteiger partial charge < -0.3 is 47.8 Å². The van der Waals surface area contributed by atoms with E-state index >= 15 is 0 Å². The number of carboxylic acid groups (broad SMARTS) is 1. The summed E-state index contributed by atoms with van der Waals surface area (Å²) >= 11 is 0. The molecule has 10 N–H and O–H groups in total. The highest BCUT2D eigenvalue weighted by molar-refractivity contribution is 5.97. The number of unbranched alkanes of at least 4 members (excludes halogenated alkanes) is 1. The molecule has 0 aromatic heterocycles. The van der Waals surface area contributed by atoms with Crippen molar-refractivity contribution in [3.63, 3.8) is 0 Å². The summed E-state index contributed by atoms with van der Waals surface area (Å²) in [7, 11) is 0. The Labute approximate surface area is 394 Å². The first-order chi connectivity index (χ1) is 31.5. The van der Waals surface area contributed by atoms with Crippen molar-refractivity contribution in [1.82, 2.24) is 26.2 Å². The summed E-state index contributed by atoms with van der Waals surface area (Å²) < 4.78 is 0. The number of aliphatic hydroxyl groups excluding tert-OH is 1. The van der Waals surface area contributed by atoms with Gasteiger partial charge in [0.1, 0.15) is 5.78 Å². The monoisotopic (exact) mass is 948 g/mol. The largest absolute Gasteiger partial charge is 0.481 e. The first kappa shape index (κ1) is 58.2. The van der Waals surface area contributed by atoms with E-state index in [0.717, 1.165) is 0 Å². The van der Waals surface area contributed by atoms with Crippen LogP contribution in [0.1, 0.15) is 144 Å². The lowest BCUT2D eigenvalue weighted by Gasteiger charge is -2.25. The summed E-state index contributed by atoms with van der Waals surface area (Å²) in [6, 6.07) is -3.53. The number of nitrogens with two attached hydrogens (primary N) is 2. The molecule has 0 aromatic rings. The maximum absolute atomic E-state index is 13.6. The number of primary amides is 1. The summed E-state index contributed by atoms with van der Waals surface area (Å²) in [5.41, 5.74) is 10.8. The number of hydrogen-bond donors (Lipinski definition) is 8. The van der Waals surface area contributed by atoms with Crippen LogP contribution in [0.25, 0.3) is 0 Å². The Kier molecular flexibility index (Phi) is 25.8. The highest BCUT2D eigenvalue weighted by Gasteiger charge is 2.37. The van der Waals surface area contributed by atoms with E-state index in [1.54, 1.807) is 0 Å². The number of aliphatic hydroxyl groups is 1. The second-order valence-corrected chi connectivity index (χ2v) is 19.2. The zero-order chi connectivity index (χ0) is 50.4. The highest BCUT2D eigenvalue weighted by atomic mass is 16.4. The average Bonchev–Trinajstić information content (AvgIpc) is 3.93. The number of nitrogens with zero attached hydrogens (tertiary/aromatic N) is 1. The summed E-state index contributed by atoms with van der Waals surface area (Å²) in [5, 5.41) is 30.0. The maximum atomic E-state index is 13.6. The lowest BCUT2D eigenvalue weighted by molar-refractivity contribution is -0.145. The van der Waals surface area contributed by atoms with Crippen LogP contribution in [0.5, 0.6) is 0 Å². The maximum Gasteiger partial charge on any atom is 0.306 e. The predicted octanol–water partition coefficient (Wildman–Crippen LogP) is 0.802. The number of ketones is 5. The molecule has 8 atom stereocenters. The Bertz CT molecular complexity index is 1750. The summed E-state index contributed by atoms with van der Waals surface area (Å²) in [6.45, 7) is 9.42. The molecule has 0 spiro atoms. The van der Waals surface area contributed by atoms with Crippen molar-refractivity contribution in [3.05, 3.63) is 0 Å². The fourth-order valence-electron chi connectivity index (χ4n) is 8.64. The Hall–Kier alpha value is -4.95. The van der Waals surface area contributed by atoms with Crippen LogP contribution in [0.2, 0.25) is 0 Å². The molecule has 0 saturated carbocycles. The standard InChI is InChI=1S/C47H77N7O13/c1-27(2)19-31(46(65)52-29(5)38(57)13-16-44(63)54-18-8-10-37(54)41(60)22-30(47(66)67)9-6-7-17-48)21-33(55)26-51-45(64)32(20-28(3)4)23-40(59)35(11-14-42(49)61)53-43(62)15-12-39(58)36-24-34(56)25-50-36/h27-32,34-37,50,56H,6-26,48H2,1-5H3,(H2,49,61)(H,51,64)(H,52,65)(H,53,62)(H,66,67)/t29-,30+,31+,32+,34-,35-,36+,37-/m0/s1. The van der Waals surface area contributed by atoms with E-state index in [9.17, 15) is 63.0 Å². The van der Waals surface area contributed by atoms with Crippen molar-refractivity contribution >= 4 is 64.4 Å². The molecule has 0 radical (unpaired) electrons. The number of β-amino-alcohol motifs (C(OH)–C–C–N with tert-alkyl or cyclic N) is 1. The molecule has 0 bridgehead atoms. The minimum Gasteiger partial charge on any atom is -0.481 e. The smallest absolute Gasteiger partial charge is 0.306 e. The van der Waals surface area contributed by atoms with E-state index in [1.807, 2.05) is 27.7 Å². The van der Waals surface area contributed by atoms with Gasteiger partial charge >= 0.3 is 5.97 Å². The van der Waals surface area contributed by atoms with Gasteiger partial charge in [-0.15, -0.1) is 0 Å². The van der Waals surface area contributed by atoms with Crippen LogP contribution in [0.4, 0.5) is 0 Å². The topological polar surface area (TPSA) is 332 Å². The first-order valence-electron chi connectivity index (χ1n) is 23.9. The molecule has 5 amide bonds. The van der Waals surface area contributed by atoms with Gasteiger partial charge in [0.15, 0.2) is 23.1 Å². The lowest BCUT2D eigenvalue weighted by atomic mass is 9.88. The van der Waals surface area contributed by atoms with Gasteiger partial charge in [-0.1, -0.05) is 34.1 Å². The fourth-order valence-corrected chi connectivity index (χ4v) is 8.64. The molecule has 20 heteroatoms. The molecule has 0 aliphatic carbocycles. The third kappa shape index (κ3) is 21.7. The average molecular weight is 948 g/mol. The fraction of sp³-hybridized carbons (Fsp3) is 0.766. The van der Waals surface area contributed by atoms with Crippen molar-refractivity contribution in [2.24, 2.45) is 41.1 Å². The second kappa shape index (κ2) is 29.7. The van der Waals surface area contributed by atoms with Crippen LogP contribution in [0.15, 0.2) is 0 Å². The number of aliphatic carboxylic acids is 1. The minimum absolute atomic E-state index is 0.0298. The Balaban J connectivity index is 1.98. The summed E-state index contributed by atoms with van der Waals surface area (Å²) in [6.07, 6.45) is 0.597. The van der Waals surface area contributed by atoms with Crippen LogP contribution < -0.4 is 32.7 Å². The van der Waals surface area contributed by atoms with Crippen molar-refractivity contribution in [2.75, 3.05) is 26.2 Å². The number of rotatable bonds is 34. The molecule has 20 nitrogen and oxygen atoms in total. The molecule has 378 valence electrons. The second-order valence-electron chi connectivity index (χ2n) is 19.2. The minimum atomic E-state index is -1.18. The van der Waals surface area contributed by atoms with Gasteiger partial charge in [-0.25, -0.2) is 0 Å². The SMILES string of the molecule is CC(C)C[C@H](CC(=O)[C@H](CCC(N)=O)NC(=O)CCC(=O)[C@H]1C[C@H](O)CN1)C(=O)NCC(=O)C[C@@H](CC(C)C)C(=O)N[C@@H](C)C(=O)CCC(=O)N1CCC[C@H]1C(=O)C[C@@H](CCCCN)C(=O)O. The zero-order valence-corrected chi connectivity index (χ0v) is 40.1. The molecule has 0 unspecified atom stereocenters. The van der Waals surface area contributed by atoms with Gasteiger partial charge in [0.05, 0.1) is 42.7 Å². The number of Topliss-reactive ketones (excluding diaryl/α,β-unsaturated/α-hetero) is 5. The molecule has 2 aliphatic rings. The van der Waals surface area contributed by atoms with Gasteiger partial charge in [-0.3, -0.25) is 52.7 Å². The normalized spacial score (nSPS) is 19.2. The first-order valence-corrected chi connectivity index (χ1v) is 23.9. The van der Waals surface area contributed by atoms with Crippen molar-refractivity contribution in [3.8, 4) is 0 Å². The highest BCUT2D eigenvalue weighted by Crippen LogP contribution is 2.25. The number of carbonyl (C=O) groups is 11. The lowest BCUT2D eigenvalue weighted by Crippen LogP contribution is -2.45. The molecule has 2 rings (SSSR count). The third-order valence-electron chi connectivity index (χ3n) is 12.3. The Morgan fingerprint density at radius 1 is 0.731 bits per heavy atom. The van der Waals surface area contributed by atoms with Crippen molar-refractivity contribution < 1.29 is 63.0 Å². The third-order valence-corrected chi connectivity index (χ3v) is 12.3. The quantitative estimate of drug-likeness (QED) is 0.0414. The number of hydrogen-bond acceptors (Lipinski definition) is 14. The molecule has 67 heavy (non-hydrogen) atoms. The molecule has 2 heterocycles. The molecule has 2 saturated heterocycles. The summed E-state index contributed by atoms with van der Waals surface area (Å²) in [5.74, 6) is -8.76. The van der Waals surface area contributed by atoms with Gasteiger partial charge in [-0.2, -0.15) is 0 Å². The van der Waals surface area contributed by atoms with E-state index < -0.39 is 107 Å². The summed E-state index contributed by atoms with van der Waals surface area (Å²) in [4.78, 5) is 144. The number of likely N-dealkylation sites (tertiary alicyclic amines) is 1. The molecular weight excluding hydrogens is 871 g/mol. The van der Waals surface area contributed by atoms with Gasteiger partial charge in [-0.05, 0) is 76.7 Å². The number of amides is 5. The van der Waals surface area contributed by atoms with Crippen LogP contribution in [-0.2, 0) is 52.7 Å². The molecule has 2 fully saturated rings. The van der Waals surface area contributed by atoms with Crippen LogP contribution in [0.3, 0.4) is 0 Å². The van der Waals surface area contributed by atoms with Gasteiger partial charge in [0, 0.05) is 76.3 Å². The van der Waals surface area contributed by atoms with Gasteiger partial charge in [0.2, 0.25) is 29.5 Å². The van der Waals surface area contributed by atoms with E-state index in [0.29, 0.717) is 45.2 Å². The predicted molar refractivity (Wildman–Crippen MR) is 245 cm³/mol. The van der Waals surface area contributed by atoms with E-state index in [1.165, 1.54) is 11.8 Å².